The third-order valence-electron chi connectivity index (χ3n) is 4.91. The fraction of sp³-hybridized carbons (Fsp3) is 0.455. The van der Waals surface area contributed by atoms with Crippen LogP contribution in [0.25, 0.3) is 11.0 Å². The second kappa shape index (κ2) is 9.06. The van der Waals surface area contributed by atoms with E-state index in [9.17, 15) is 4.79 Å². The standard InChI is InChI=1S/C22H30N4O2/c1-5-26(6-2)14-16-11-12-20(28-16)22(27)25-19(13-15(3)4)21-23-17-9-7-8-10-18(17)24-21/h7-12,15,19H,5-6,13-14H2,1-4H3,(H,23,24)(H,25,27)/t19-/m1/s1. The lowest BCUT2D eigenvalue weighted by Gasteiger charge is -2.18. The normalized spacial score (nSPS) is 12.8. The number of H-pyrrole nitrogens is 1. The highest BCUT2D eigenvalue weighted by Gasteiger charge is 2.22. The third-order valence-corrected chi connectivity index (χ3v) is 4.91. The van der Waals surface area contributed by atoms with Crippen molar-refractivity contribution < 1.29 is 9.21 Å². The molecule has 3 rings (SSSR count). The zero-order valence-electron chi connectivity index (χ0n) is 17.2. The third kappa shape index (κ3) is 4.81. The summed E-state index contributed by atoms with van der Waals surface area (Å²) in [6, 6.07) is 11.3. The van der Waals surface area contributed by atoms with E-state index in [0.29, 0.717) is 18.2 Å². The number of aromatic amines is 1. The predicted octanol–water partition coefficient (Wildman–Crippen LogP) is 4.51. The first kappa shape index (κ1) is 20.1. The molecule has 2 N–H and O–H groups in total. The summed E-state index contributed by atoms with van der Waals surface area (Å²) in [6.45, 7) is 11.1. The van der Waals surface area contributed by atoms with Crippen molar-refractivity contribution in [3.8, 4) is 0 Å². The minimum Gasteiger partial charge on any atom is -0.455 e. The van der Waals surface area contributed by atoms with Crippen LogP contribution in [0.3, 0.4) is 0 Å². The van der Waals surface area contributed by atoms with E-state index in [-0.39, 0.29) is 11.9 Å². The number of carbonyl (C=O) groups excluding carboxylic acids is 1. The number of amides is 1. The van der Waals surface area contributed by atoms with Crippen LogP contribution in [0.15, 0.2) is 40.8 Å². The Balaban J connectivity index is 1.75. The van der Waals surface area contributed by atoms with Crippen molar-refractivity contribution in [2.75, 3.05) is 13.1 Å². The summed E-state index contributed by atoms with van der Waals surface area (Å²) in [7, 11) is 0. The zero-order chi connectivity index (χ0) is 20.1. The quantitative estimate of drug-likeness (QED) is 0.571. The highest BCUT2D eigenvalue weighted by molar-refractivity contribution is 5.91. The second-order valence-corrected chi connectivity index (χ2v) is 7.52. The van der Waals surface area contributed by atoms with E-state index in [1.807, 2.05) is 30.3 Å². The summed E-state index contributed by atoms with van der Waals surface area (Å²) in [5.74, 6) is 2.12. The summed E-state index contributed by atoms with van der Waals surface area (Å²) in [4.78, 5) is 23.1. The lowest BCUT2D eigenvalue weighted by molar-refractivity contribution is 0.0898. The average Bonchev–Trinajstić information content (AvgIpc) is 3.32. The second-order valence-electron chi connectivity index (χ2n) is 7.52. The number of aromatic nitrogens is 2. The van der Waals surface area contributed by atoms with E-state index in [4.69, 9.17) is 4.42 Å². The van der Waals surface area contributed by atoms with Crippen LogP contribution in [-0.4, -0.2) is 33.9 Å². The lowest BCUT2D eigenvalue weighted by atomic mass is 10.0. The monoisotopic (exact) mass is 382 g/mol. The predicted molar refractivity (Wildman–Crippen MR) is 111 cm³/mol. The molecule has 0 spiro atoms. The molecule has 150 valence electrons. The maximum absolute atomic E-state index is 12.8. The Morgan fingerprint density at radius 1 is 1.18 bits per heavy atom. The van der Waals surface area contributed by atoms with Gasteiger partial charge in [-0.2, -0.15) is 0 Å². The summed E-state index contributed by atoms with van der Waals surface area (Å²) < 4.78 is 5.80. The van der Waals surface area contributed by atoms with Gasteiger partial charge in [0.25, 0.3) is 5.91 Å². The molecule has 1 atom stereocenters. The van der Waals surface area contributed by atoms with Gasteiger partial charge in [-0.05, 0) is 49.7 Å². The summed E-state index contributed by atoms with van der Waals surface area (Å²) in [6.07, 6.45) is 0.790. The number of rotatable bonds is 9. The van der Waals surface area contributed by atoms with Gasteiger partial charge >= 0.3 is 0 Å². The number of imidazole rings is 1. The van der Waals surface area contributed by atoms with Crippen LogP contribution < -0.4 is 5.32 Å². The first-order chi connectivity index (χ1) is 13.5. The molecule has 0 bridgehead atoms. The Hall–Kier alpha value is -2.60. The first-order valence-corrected chi connectivity index (χ1v) is 10.1. The van der Waals surface area contributed by atoms with E-state index in [1.54, 1.807) is 6.07 Å². The van der Waals surface area contributed by atoms with Gasteiger partial charge in [0.1, 0.15) is 11.6 Å². The Morgan fingerprint density at radius 3 is 2.61 bits per heavy atom. The summed E-state index contributed by atoms with van der Waals surface area (Å²) >= 11 is 0. The fourth-order valence-electron chi connectivity index (χ4n) is 3.33. The van der Waals surface area contributed by atoms with Crippen molar-refractivity contribution in [3.05, 3.63) is 53.7 Å². The van der Waals surface area contributed by atoms with Crippen LogP contribution >= 0.6 is 0 Å². The van der Waals surface area contributed by atoms with Crippen molar-refractivity contribution in [2.24, 2.45) is 5.92 Å². The van der Waals surface area contributed by atoms with Crippen LogP contribution in [0.4, 0.5) is 0 Å². The molecule has 1 aromatic carbocycles. The van der Waals surface area contributed by atoms with Gasteiger partial charge in [-0.3, -0.25) is 9.69 Å². The van der Waals surface area contributed by atoms with Crippen molar-refractivity contribution in [2.45, 2.75) is 46.7 Å². The molecule has 0 unspecified atom stereocenters. The van der Waals surface area contributed by atoms with Gasteiger partial charge in [-0.15, -0.1) is 0 Å². The van der Waals surface area contributed by atoms with E-state index in [1.165, 1.54) is 0 Å². The molecular formula is C22H30N4O2. The maximum Gasteiger partial charge on any atom is 0.287 e. The molecule has 28 heavy (non-hydrogen) atoms. The first-order valence-electron chi connectivity index (χ1n) is 10.1. The smallest absolute Gasteiger partial charge is 0.287 e. The lowest BCUT2D eigenvalue weighted by Crippen LogP contribution is -2.30. The molecule has 0 aliphatic rings. The average molecular weight is 383 g/mol. The Labute approximate surface area is 166 Å². The van der Waals surface area contributed by atoms with E-state index in [2.05, 4.69) is 47.9 Å². The molecule has 2 heterocycles. The van der Waals surface area contributed by atoms with Crippen molar-refractivity contribution >= 4 is 16.9 Å². The SMILES string of the molecule is CCN(CC)Cc1ccc(C(=O)N[C@H](CC(C)C)c2nc3ccccc3[nH]2)o1. The van der Waals surface area contributed by atoms with Crippen LogP contribution in [-0.2, 0) is 6.54 Å². The van der Waals surface area contributed by atoms with Gasteiger partial charge in [-0.25, -0.2) is 4.98 Å². The minimum atomic E-state index is -0.211. The molecule has 6 heteroatoms. The van der Waals surface area contributed by atoms with Crippen molar-refractivity contribution in [1.82, 2.24) is 20.2 Å². The molecule has 2 aromatic heterocycles. The van der Waals surface area contributed by atoms with Gasteiger partial charge in [0.05, 0.1) is 23.6 Å². The van der Waals surface area contributed by atoms with Gasteiger partial charge < -0.3 is 14.7 Å². The summed E-state index contributed by atoms with van der Waals surface area (Å²) in [5.41, 5.74) is 1.88. The number of para-hydroxylation sites is 2. The molecule has 0 radical (unpaired) electrons. The number of hydrogen-bond donors (Lipinski definition) is 2. The highest BCUT2D eigenvalue weighted by Crippen LogP contribution is 2.23. The van der Waals surface area contributed by atoms with Gasteiger partial charge in [0.15, 0.2) is 5.76 Å². The van der Waals surface area contributed by atoms with E-state index < -0.39 is 0 Å². The number of benzene rings is 1. The minimum absolute atomic E-state index is 0.198. The largest absolute Gasteiger partial charge is 0.455 e. The van der Waals surface area contributed by atoms with Crippen molar-refractivity contribution in [1.29, 1.82) is 0 Å². The summed E-state index contributed by atoms with van der Waals surface area (Å²) in [5, 5.41) is 3.10. The maximum atomic E-state index is 12.8. The van der Waals surface area contributed by atoms with Gasteiger partial charge in [-0.1, -0.05) is 39.8 Å². The Kier molecular flexibility index (Phi) is 6.52. The van der Waals surface area contributed by atoms with Crippen LogP contribution in [0.1, 0.15) is 62.3 Å². The Bertz CT molecular complexity index is 875. The van der Waals surface area contributed by atoms with Crippen LogP contribution in [0.5, 0.6) is 0 Å². The molecule has 0 aliphatic heterocycles. The van der Waals surface area contributed by atoms with Crippen molar-refractivity contribution in [3.63, 3.8) is 0 Å². The zero-order valence-corrected chi connectivity index (χ0v) is 17.2. The van der Waals surface area contributed by atoms with E-state index >= 15 is 0 Å². The molecule has 0 saturated carbocycles. The highest BCUT2D eigenvalue weighted by atomic mass is 16.4. The number of carbonyl (C=O) groups is 1. The molecule has 6 nitrogen and oxygen atoms in total. The number of fused-ring (bicyclic) bond motifs is 1. The molecule has 0 aliphatic carbocycles. The topological polar surface area (TPSA) is 74.2 Å². The Morgan fingerprint density at radius 2 is 1.93 bits per heavy atom. The number of nitrogens with one attached hydrogen (secondary N) is 2. The molecule has 0 saturated heterocycles. The molecular weight excluding hydrogens is 352 g/mol. The molecule has 0 fully saturated rings. The number of hydrogen-bond acceptors (Lipinski definition) is 4. The fourth-order valence-corrected chi connectivity index (χ4v) is 3.33. The number of furan rings is 1. The van der Waals surface area contributed by atoms with Crippen LogP contribution in [0.2, 0.25) is 0 Å². The molecule has 3 aromatic rings. The number of nitrogens with zero attached hydrogens (tertiary/aromatic N) is 2. The van der Waals surface area contributed by atoms with Crippen LogP contribution in [0, 0.1) is 5.92 Å². The molecule has 1 amide bonds. The van der Waals surface area contributed by atoms with Gasteiger partial charge in [0.2, 0.25) is 0 Å². The van der Waals surface area contributed by atoms with E-state index in [0.717, 1.165) is 42.1 Å². The van der Waals surface area contributed by atoms with Gasteiger partial charge in [0, 0.05) is 0 Å².